The Bertz CT molecular complexity index is 1100. The van der Waals surface area contributed by atoms with Crippen LogP contribution in [0.2, 0.25) is 0 Å². The molecule has 0 bridgehead atoms. The first kappa shape index (κ1) is 16.1. The Morgan fingerprint density at radius 3 is 2.69 bits per heavy atom. The summed E-state index contributed by atoms with van der Waals surface area (Å²) in [5.41, 5.74) is 1.84. The Balaban J connectivity index is 1.62. The molecule has 4 rings (SSSR count). The van der Waals surface area contributed by atoms with E-state index in [1.807, 2.05) is 11.4 Å². The molecule has 0 saturated heterocycles. The maximum absolute atomic E-state index is 13.0. The van der Waals surface area contributed by atoms with Crippen molar-refractivity contribution in [2.24, 2.45) is 0 Å². The molecule has 0 fully saturated rings. The predicted molar refractivity (Wildman–Crippen MR) is 97.4 cm³/mol. The molecule has 3 heterocycles. The second-order valence-electron chi connectivity index (χ2n) is 5.39. The van der Waals surface area contributed by atoms with Crippen LogP contribution in [0.1, 0.15) is 10.8 Å². The maximum atomic E-state index is 13.0. The van der Waals surface area contributed by atoms with Gasteiger partial charge in [0.25, 0.3) is 0 Å². The average molecular weight is 362 g/mol. The molecular formula is C20H11FN2O2S. The van der Waals surface area contributed by atoms with Gasteiger partial charge in [0, 0.05) is 17.0 Å². The summed E-state index contributed by atoms with van der Waals surface area (Å²) in [7, 11) is 0. The number of hydrogen-bond donors (Lipinski definition) is 0. The van der Waals surface area contributed by atoms with Crippen LogP contribution in [0.3, 0.4) is 0 Å². The molecule has 26 heavy (non-hydrogen) atoms. The Morgan fingerprint density at radius 1 is 1.12 bits per heavy atom. The first-order valence-corrected chi connectivity index (χ1v) is 8.58. The van der Waals surface area contributed by atoms with Crippen molar-refractivity contribution >= 4 is 23.0 Å². The molecule has 0 unspecified atom stereocenters. The lowest BCUT2D eigenvalue weighted by atomic mass is 10.2. The van der Waals surface area contributed by atoms with Gasteiger partial charge >= 0.3 is 0 Å². The van der Waals surface area contributed by atoms with Gasteiger partial charge < -0.3 is 8.83 Å². The number of hydrogen-bond acceptors (Lipinski definition) is 5. The minimum atomic E-state index is -0.302. The van der Waals surface area contributed by atoms with Crippen LogP contribution in [-0.2, 0) is 0 Å². The monoisotopic (exact) mass is 362 g/mol. The Kier molecular flexibility index (Phi) is 4.22. The number of allylic oxidation sites excluding steroid dienone is 1. The molecule has 0 atom stereocenters. The molecule has 0 radical (unpaired) electrons. The van der Waals surface area contributed by atoms with Crippen molar-refractivity contribution in [3.63, 3.8) is 0 Å². The predicted octanol–water partition coefficient (Wildman–Crippen LogP) is 5.87. The molecule has 126 valence electrons. The molecule has 0 spiro atoms. The second kappa shape index (κ2) is 6.82. The van der Waals surface area contributed by atoms with Crippen LogP contribution in [0.5, 0.6) is 0 Å². The fraction of sp³-hybridized carbons (Fsp3) is 0. The lowest BCUT2D eigenvalue weighted by Gasteiger charge is -1.96. The molecule has 3 aromatic heterocycles. The topological polar surface area (TPSA) is 63.0 Å². The normalized spacial score (nSPS) is 11.5. The number of rotatable bonds is 4. The largest absolute Gasteiger partial charge is 0.463 e. The molecular weight excluding hydrogens is 351 g/mol. The molecule has 0 aliphatic heterocycles. The van der Waals surface area contributed by atoms with E-state index in [4.69, 9.17) is 8.83 Å². The number of nitriles is 1. The number of halogens is 1. The molecule has 0 aliphatic carbocycles. The van der Waals surface area contributed by atoms with Crippen LogP contribution < -0.4 is 0 Å². The summed E-state index contributed by atoms with van der Waals surface area (Å²) in [6.45, 7) is 0. The van der Waals surface area contributed by atoms with E-state index in [-0.39, 0.29) is 5.82 Å². The van der Waals surface area contributed by atoms with Gasteiger partial charge in [-0.1, -0.05) is 0 Å². The third-order valence-electron chi connectivity index (χ3n) is 3.67. The highest BCUT2D eigenvalue weighted by atomic mass is 32.1. The first-order valence-electron chi connectivity index (χ1n) is 7.70. The van der Waals surface area contributed by atoms with E-state index in [0.29, 0.717) is 33.6 Å². The second-order valence-corrected chi connectivity index (χ2v) is 6.25. The van der Waals surface area contributed by atoms with Crippen LogP contribution in [0.15, 0.2) is 69.0 Å². The molecule has 4 nitrogen and oxygen atoms in total. The summed E-state index contributed by atoms with van der Waals surface area (Å²) in [5.74, 6) is 1.48. The maximum Gasteiger partial charge on any atom is 0.153 e. The summed E-state index contributed by atoms with van der Waals surface area (Å²) >= 11 is 1.36. The molecule has 0 aliphatic rings. The van der Waals surface area contributed by atoms with E-state index >= 15 is 0 Å². The zero-order valence-corrected chi connectivity index (χ0v) is 14.2. The highest BCUT2D eigenvalue weighted by molar-refractivity contribution is 7.11. The number of aromatic nitrogens is 1. The standard InChI is InChI=1S/C20H11FN2O2S/c21-15-5-3-13(4-6-15)18-8-7-16(25-18)10-14(11-22)20-23-17(12-26-20)19-2-1-9-24-19/h1-10,12H. The van der Waals surface area contributed by atoms with Crippen molar-refractivity contribution in [3.8, 4) is 28.8 Å². The van der Waals surface area contributed by atoms with Crippen LogP contribution in [0.25, 0.3) is 34.4 Å². The van der Waals surface area contributed by atoms with Gasteiger partial charge in [-0.25, -0.2) is 9.37 Å². The summed E-state index contributed by atoms with van der Waals surface area (Å²) < 4.78 is 24.1. The van der Waals surface area contributed by atoms with Gasteiger partial charge in [0.2, 0.25) is 0 Å². The van der Waals surface area contributed by atoms with Crippen molar-refractivity contribution in [2.45, 2.75) is 0 Å². The number of benzene rings is 1. The fourth-order valence-electron chi connectivity index (χ4n) is 2.42. The third-order valence-corrected chi connectivity index (χ3v) is 4.55. The van der Waals surface area contributed by atoms with Crippen molar-refractivity contribution in [1.82, 2.24) is 4.98 Å². The minimum absolute atomic E-state index is 0.302. The molecule has 0 N–H and O–H groups in total. The van der Waals surface area contributed by atoms with Gasteiger partial charge in [0.1, 0.15) is 34.1 Å². The Morgan fingerprint density at radius 2 is 1.96 bits per heavy atom. The Hall–Kier alpha value is -3.43. The summed E-state index contributed by atoms with van der Waals surface area (Å²) in [5, 5.41) is 11.9. The van der Waals surface area contributed by atoms with Crippen LogP contribution in [-0.4, -0.2) is 4.98 Å². The van der Waals surface area contributed by atoms with Crippen LogP contribution in [0, 0.1) is 17.1 Å². The fourth-order valence-corrected chi connectivity index (χ4v) is 3.19. The average Bonchev–Trinajstić information content (AvgIpc) is 3.40. The van der Waals surface area contributed by atoms with E-state index in [0.717, 1.165) is 5.56 Å². The first-order chi connectivity index (χ1) is 12.7. The van der Waals surface area contributed by atoms with E-state index < -0.39 is 0 Å². The highest BCUT2D eigenvalue weighted by Gasteiger charge is 2.12. The molecule has 0 saturated carbocycles. The lowest BCUT2D eigenvalue weighted by Crippen LogP contribution is -1.81. The van der Waals surface area contributed by atoms with Crippen LogP contribution >= 0.6 is 11.3 Å². The van der Waals surface area contributed by atoms with Crippen molar-refractivity contribution in [3.05, 3.63) is 76.8 Å². The Labute approximate surface area is 152 Å². The van der Waals surface area contributed by atoms with E-state index in [1.165, 1.54) is 23.5 Å². The zero-order chi connectivity index (χ0) is 17.9. The molecule has 6 heteroatoms. The SMILES string of the molecule is N#CC(=Cc1ccc(-c2ccc(F)cc2)o1)c1nc(-c2ccco2)cs1. The van der Waals surface area contributed by atoms with Gasteiger partial charge in [-0.15, -0.1) is 11.3 Å². The van der Waals surface area contributed by atoms with Gasteiger partial charge in [-0.3, -0.25) is 0 Å². The molecule has 1 aromatic carbocycles. The number of thiazole rings is 1. The van der Waals surface area contributed by atoms with Crippen molar-refractivity contribution in [1.29, 1.82) is 5.26 Å². The molecule has 4 aromatic rings. The van der Waals surface area contributed by atoms with Crippen LogP contribution in [0.4, 0.5) is 4.39 Å². The van der Waals surface area contributed by atoms with Gasteiger partial charge in [-0.2, -0.15) is 5.26 Å². The summed E-state index contributed by atoms with van der Waals surface area (Å²) in [6, 6.07) is 15.3. The zero-order valence-electron chi connectivity index (χ0n) is 13.3. The quantitative estimate of drug-likeness (QED) is 0.426. The van der Waals surface area contributed by atoms with Gasteiger partial charge in [0.05, 0.1) is 11.8 Å². The highest BCUT2D eigenvalue weighted by Crippen LogP contribution is 2.29. The van der Waals surface area contributed by atoms with Gasteiger partial charge in [-0.05, 0) is 48.5 Å². The van der Waals surface area contributed by atoms with E-state index in [2.05, 4.69) is 11.1 Å². The molecule has 0 amide bonds. The number of nitrogens with zero attached hydrogens (tertiary/aromatic N) is 2. The van der Waals surface area contributed by atoms with Crippen molar-refractivity contribution in [2.75, 3.05) is 0 Å². The minimum Gasteiger partial charge on any atom is -0.463 e. The lowest BCUT2D eigenvalue weighted by molar-refractivity contribution is 0.571. The van der Waals surface area contributed by atoms with E-state index in [1.54, 1.807) is 42.7 Å². The summed E-state index contributed by atoms with van der Waals surface area (Å²) in [4.78, 5) is 4.45. The smallest absolute Gasteiger partial charge is 0.153 e. The number of furan rings is 2. The summed E-state index contributed by atoms with van der Waals surface area (Å²) in [6.07, 6.45) is 3.22. The van der Waals surface area contributed by atoms with E-state index in [9.17, 15) is 9.65 Å². The van der Waals surface area contributed by atoms with Gasteiger partial charge in [0.15, 0.2) is 5.76 Å². The van der Waals surface area contributed by atoms with Crippen molar-refractivity contribution < 1.29 is 13.2 Å². The third kappa shape index (κ3) is 3.21.